The quantitative estimate of drug-likeness (QED) is 0.557. The molecule has 0 radical (unpaired) electrons. The van der Waals surface area contributed by atoms with E-state index in [1.54, 1.807) is 0 Å². The molecule has 0 aromatic heterocycles. The van der Waals surface area contributed by atoms with E-state index in [4.69, 9.17) is 16.3 Å². The summed E-state index contributed by atoms with van der Waals surface area (Å²) in [5, 5.41) is 0. The Balaban J connectivity index is 1.98. The van der Waals surface area contributed by atoms with Gasteiger partial charge >= 0.3 is 0 Å². The van der Waals surface area contributed by atoms with E-state index < -0.39 is 0 Å². The highest BCUT2D eigenvalue weighted by atomic mass is 35.5. The molecule has 0 bridgehead atoms. The van der Waals surface area contributed by atoms with Crippen molar-refractivity contribution in [2.75, 3.05) is 19.1 Å². The Morgan fingerprint density at radius 2 is 2.44 bits per heavy atom. The molecule has 9 heavy (non-hydrogen) atoms. The molecular formula is C7H13ClO. The number of ether oxygens (including phenoxy) is 1. The highest BCUT2D eigenvalue weighted by Crippen LogP contribution is 2.17. The SMILES string of the molecule is ClCCCC1CCOC1. The van der Waals surface area contributed by atoms with Gasteiger partial charge in [0.1, 0.15) is 0 Å². The summed E-state index contributed by atoms with van der Waals surface area (Å²) in [6.45, 7) is 1.93. The molecule has 0 N–H and O–H groups in total. The van der Waals surface area contributed by atoms with Crippen molar-refractivity contribution < 1.29 is 4.74 Å². The van der Waals surface area contributed by atoms with Crippen molar-refractivity contribution in [3.63, 3.8) is 0 Å². The van der Waals surface area contributed by atoms with E-state index in [9.17, 15) is 0 Å². The predicted molar refractivity (Wildman–Crippen MR) is 38.9 cm³/mol. The van der Waals surface area contributed by atoms with Gasteiger partial charge in [-0.05, 0) is 25.2 Å². The van der Waals surface area contributed by atoms with Crippen LogP contribution in [0.5, 0.6) is 0 Å². The van der Waals surface area contributed by atoms with Crippen LogP contribution in [0.3, 0.4) is 0 Å². The maximum absolute atomic E-state index is 5.54. The monoisotopic (exact) mass is 148 g/mol. The molecule has 1 aliphatic heterocycles. The topological polar surface area (TPSA) is 9.23 Å². The van der Waals surface area contributed by atoms with Crippen LogP contribution in [0.15, 0.2) is 0 Å². The zero-order chi connectivity index (χ0) is 6.53. The molecule has 1 fully saturated rings. The lowest BCUT2D eigenvalue weighted by Gasteiger charge is -2.02. The van der Waals surface area contributed by atoms with E-state index in [1.807, 2.05) is 0 Å². The van der Waals surface area contributed by atoms with Crippen molar-refractivity contribution in [2.24, 2.45) is 5.92 Å². The van der Waals surface area contributed by atoms with E-state index in [1.165, 1.54) is 12.8 Å². The Hall–Kier alpha value is 0.250. The number of hydrogen-bond acceptors (Lipinski definition) is 1. The van der Waals surface area contributed by atoms with Crippen LogP contribution in [0.4, 0.5) is 0 Å². The minimum atomic E-state index is 0.802. The second kappa shape index (κ2) is 4.13. The average Bonchev–Trinajstić information content (AvgIpc) is 2.34. The summed E-state index contributed by atoms with van der Waals surface area (Å²) >= 11 is 5.54. The highest BCUT2D eigenvalue weighted by Gasteiger charge is 2.13. The Kier molecular flexibility index (Phi) is 3.37. The Morgan fingerprint density at radius 3 is 3.00 bits per heavy atom. The minimum Gasteiger partial charge on any atom is -0.381 e. The van der Waals surface area contributed by atoms with Gasteiger partial charge in [-0.2, -0.15) is 0 Å². The van der Waals surface area contributed by atoms with Gasteiger partial charge in [-0.25, -0.2) is 0 Å². The summed E-state index contributed by atoms with van der Waals surface area (Å²) in [6.07, 6.45) is 3.65. The summed E-state index contributed by atoms with van der Waals surface area (Å²) in [4.78, 5) is 0. The van der Waals surface area contributed by atoms with Crippen LogP contribution in [-0.2, 0) is 4.74 Å². The third kappa shape index (κ3) is 2.55. The third-order valence-corrected chi connectivity index (χ3v) is 2.04. The fourth-order valence-corrected chi connectivity index (χ4v) is 1.33. The van der Waals surface area contributed by atoms with Crippen LogP contribution < -0.4 is 0 Å². The number of halogens is 1. The Morgan fingerprint density at radius 1 is 1.56 bits per heavy atom. The number of alkyl halides is 1. The first-order chi connectivity index (χ1) is 4.43. The molecule has 0 aromatic rings. The fraction of sp³-hybridized carbons (Fsp3) is 1.00. The van der Waals surface area contributed by atoms with Gasteiger partial charge in [0, 0.05) is 19.1 Å². The van der Waals surface area contributed by atoms with E-state index in [-0.39, 0.29) is 0 Å². The van der Waals surface area contributed by atoms with Gasteiger partial charge in [0.25, 0.3) is 0 Å². The zero-order valence-corrected chi connectivity index (χ0v) is 6.36. The molecule has 1 aliphatic rings. The summed E-state index contributed by atoms with van der Waals surface area (Å²) in [5.74, 6) is 1.61. The molecule has 2 heteroatoms. The van der Waals surface area contributed by atoms with Crippen molar-refractivity contribution in [1.82, 2.24) is 0 Å². The predicted octanol–water partition coefficient (Wildman–Crippen LogP) is 2.04. The van der Waals surface area contributed by atoms with Gasteiger partial charge in [-0.3, -0.25) is 0 Å². The summed E-state index contributed by atoms with van der Waals surface area (Å²) in [5.41, 5.74) is 0. The molecular weight excluding hydrogens is 136 g/mol. The van der Waals surface area contributed by atoms with Gasteiger partial charge in [0.05, 0.1) is 0 Å². The first-order valence-electron chi connectivity index (χ1n) is 3.57. The molecule has 54 valence electrons. The second-order valence-electron chi connectivity index (χ2n) is 2.56. The average molecular weight is 149 g/mol. The van der Waals surface area contributed by atoms with Gasteiger partial charge < -0.3 is 4.74 Å². The molecule has 1 nitrogen and oxygen atoms in total. The van der Waals surface area contributed by atoms with Gasteiger partial charge in [0.2, 0.25) is 0 Å². The minimum absolute atomic E-state index is 0.802. The molecule has 0 amide bonds. The normalized spacial score (nSPS) is 27.0. The largest absolute Gasteiger partial charge is 0.381 e. The van der Waals surface area contributed by atoms with Crippen molar-refractivity contribution >= 4 is 11.6 Å². The highest BCUT2D eigenvalue weighted by molar-refractivity contribution is 6.17. The van der Waals surface area contributed by atoms with E-state index in [0.717, 1.165) is 31.4 Å². The van der Waals surface area contributed by atoms with Crippen LogP contribution in [0.1, 0.15) is 19.3 Å². The summed E-state index contributed by atoms with van der Waals surface area (Å²) < 4.78 is 5.21. The first kappa shape index (κ1) is 7.36. The lowest BCUT2D eigenvalue weighted by molar-refractivity contribution is 0.184. The van der Waals surface area contributed by atoms with E-state index in [0.29, 0.717) is 0 Å². The molecule has 0 saturated carbocycles. The summed E-state index contributed by atoms with van der Waals surface area (Å²) in [6, 6.07) is 0. The molecule has 0 aliphatic carbocycles. The summed E-state index contributed by atoms with van der Waals surface area (Å²) in [7, 11) is 0. The van der Waals surface area contributed by atoms with Crippen LogP contribution in [0, 0.1) is 5.92 Å². The molecule has 1 atom stereocenters. The van der Waals surface area contributed by atoms with Gasteiger partial charge in [-0.1, -0.05) is 0 Å². The molecule has 0 spiro atoms. The van der Waals surface area contributed by atoms with Gasteiger partial charge in [0.15, 0.2) is 0 Å². The molecule has 1 unspecified atom stereocenters. The standard InChI is InChI=1S/C7H13ClO/c8-4-1-2-7-3-5-9-6-7/h7H,1-6H2. The molecule has 1 heterocycles. The van der Waals surface area contributed by atoms with Crippen molar-refractivity contribution in [1.29, 1.82) is 0 Å². The number of hydrogen-bond donors (Lipinski definition) is 0. The molecule has 0 aromatic carbocycles. The van der Waals surface area contributed by atoms with E-state index >= 15 is 0 Å². The first-order valence-corrected chi connectivity index (χ1v) is 4.10. The Labute approximate surface area is 61.3 Å². The maximum atomic E-state index is 5.54. The van der Waals surface area contributed by atoms with Crippen molar-refractivity contribution in [2.45, 2.75) is 19.3 Å². The zero-order valence-electron chi connectivity index (χ0n) is 5.61. The molecule has 1 saturated heterocycles. The van der Waals surface area contributed by atoms with Crippen LogP contribution >= 0.6 is 11.6 Å². The van der Waals surface area contributed by atoms with Crippen molar-refractivity contribution in [3.8, 4) is 0 Å². The third-order valence-electron chi connectivity index (χ3n) is 1.77. The number of rotatable bonds is 3. The Bertz CT molecular complexity index is 69.3. The fourth-order valence-electron chi connectivity index (χ4n) is 1.18. The lowest BCUT2D eigenvalue weighted by Crippen LogP contribution is -1.98. The van der Waals surface area contributed by atoms with E-state index in [2.05, 4.69) is 0 Å². The van der Waals surface area contributed by atoms with Gasteiger partial charge in [-0.15, -0.1) is 11.6 Å². The second-order valence-corrected chi connectivity index (χ2v) is 2.94. The van der Waals surface area contributed by atoms with Crippen LogP contribution in [-0.4, -0.2) is 19.1 Å². The maximum Gasteiger partial charge on any atom is 0.0495 e. The van der Waals surface area contributed by atoms with Crippen molar-refractivity contribution in [3.05, 3.63) is 0 Å². The van der Waals surface area contributed by atoms with Crippen LogP contribution in [0.25, 0.3) is 0 Å². The molecule has 1 rings (SSSR count). The lowest BCUT2D eigenvalue weighted by atomic mass is 10.0. The smallest absolute Gasteiger partial charge is 0.0495 e. The van der Waals surface area contributed by atoms with Crippen LogP contribution in [0.2, 0.25) is 0 Å².